The van der Waals surface area contributed by atoms with Gasteiger partial charge in [0.05, 0.1) is 0 Å². The molecule has 0 saturated carbocycles. The summed E-state index contributed by atoms with van der Waals surface area (Å²) in [4.78, 5) is 19.0. The van der Waals surface area contributed by atoms with Crippen molar-refractivity contribution in [3.8, 4) is 17.1 Å². The molecule has 1 aromatic heterocycles. The van der Waals surface area contributed by atoms with Gasteiger partial charge in [0.25, 0.3) is 5.91 Å². The summed E-state index contributed by atoms with van der Waals surface area (Å²) < 4.78 is 11.2. The number of rotatable bonds is 7. The Hall–Kier alpha value is -2.86. The molecule has 0 bridgehead atoms. The molecule has 3 rings (SSSR count). The largest absolute Gasteiger partial charge is 0.481 e. The van der Waals surface area contributed by atoms with Gasteiger partial charge in [-0.3, -0.25) is 4.79 Å². The third-order valence-corrected chi connectivity index (χ3v) is 4.72. The van der Waals surface area contributed by atoms with Crippen molar-refractivity contribution in [1.29, 1.82) is 0 Å². The lowest BCUT2D eigenvalue weighted by atomic mass is 10.2. The molecule has 0 aliphatic carbocycles. The zero-order valence-corrected chi connectivity index (χ0v) is 17.7. The Labute approximate surface area is 175 Å². The molecule has 29 heavy (non-hydrogen) atoms. The third kappa shape index (κ3) is 5.35. The van der Waals surface area contributed by atoms with Crippen LogP contribution >= 0.6 is 11.6 Å². The van der Waals surface area contributed by atoms with Gasteiger partial charge in [-0.15, -0.1) is 0 Å². The lowest BCUT2D eigenvalue weighted by Gasteiger charge is -2.28. The smallest absolute Gasteiger partial charge is 0.264 e. The SMILES string of the molecule is Cc1ccc(O[C@H](C)C(=O)N(Cc2nc(-c3ccc(Cl)cc3)no2)C(C)C)cc1. The number of hydrogen-bond acceptors (Lipinski definition) is 5. The van der Waals surface area contributed by atoms with Crippen LogP contribution in [-0.2, 0) is 11.3 Å². The molecular formula is C22H24ClN3O3. The number of carbonyl (C=O) groups is 1. The quantitative estimate of drug-likeness (QED) is 0.550. The number of benzene rings is 2. The highest BCUT2D eigenvalue weighted by Crippen LogP contribution is 2.20. The Morgan fingerprint density at radius 2 is 1.76 bits per heavy atom. The molecule has 0 aliphatic heterocycles. The van der Waals surface area contributed by atoms with Crippen LogP contribution in [0.25, 0.3) is 11.4 Å². The molecule has 7 heteroatoms. The maximum atomic E-state index is 13.0. The normalized spacial score (nSPS) is 12.1. The molecule has 0 saturated heterocycles. The summed E-state index contributed by atoms with van der Waals surface area (Å²) in [5.74, 6) is 1.33. The molecule has 2 aromatic carbocycles. The van der Waals surface area contributed by atoms with Gasteiger partial charge in [-0.25, -0.2) is 0 Å². The van der Waals surface area contributed by atoms with Crippen molar-refractivity contribution in [1.82, 2.24) is 15.0 Å². The molecule has 152 valence electrons. The highest BCUT2D eigenvalue weighted by Gasteiger charge is 2.26. The van der Waals surface area contributed by atoms with Gasteiger partial charge >= 0.3 is 0 Å². The van der Waals surface area contributed by atoms with Crippen LogP contribution in [0.1, 0.15) is 32.2 Å². The van der Waals surface area contributed by atoms with E-state index < -0.39 is 6.10 Å². The van der Waals surface area contributed by atoms with Crippen molar-refractivity contribution in [2.24, 2.45) is 0 Å². The minimum absolute atomic E-state index is 0.0579. The Morgan fingerprint density at radius 1 is 1.10 bits per heavy atom. The van der Waals surface area contributed by atoms with Gasteiger partial charge < -0.3 is 14.2 Å². The van der Waals surface area contributed by atoms with Crippen LogP contribution in [0.5, 0.6) is 5.75 Å². The Balaban J connectivity index is 1.70. The van der Waals surface area contributed by atoms with Gasteiger partial charge in [-0.2, -0.15) is 4.98 Å². The molecule has 1 atom stereocenters. The fourth-order valence-electron chi connectivity index (χ4n) is 2.80. The monoisotopic (exact) mass is 413 g/mol. The standard InChI is InChI=1S/C22H24ClN3O3/c1-14(2)26(22(27)16(4)28-19-11-5-15(3)6-12-19)13-20-24-21(25-29-20)17-7-9-18(23)10-8-17/h5-12,14,16H,13H2,1-4H3/t16-/m1/s1. The molecule has 6 nitrogen and oxygen atoms in total. The molecular weight excluding hydrogens is 390 g/mol. The number of halogens is 1. The van der Waals surface area contributed by atoms with Crippen molar-refractivity contribution in [2.45, 2.75) is 46.4 Å². The predicted molar refractivity (Wildman–Crippen MR) is 112 cm³/mol. The number of aryl methyl sites for hydroxylation is 1. The Bertz CT molecular complexity index is 952. The average Bonchev–Trinajstić information content (AvgIpc) is 3.16. The molecule has 1 amide bonds. The van der Waals surface area contributed by atoms with Crippen LogP contribution in [-0.4, -0.2) is 33.1 Å². The number of amides is 1. The summed E-state index contributed by atoms with van der Waals surface area (Å²) in [6.07, 6.45) is -0.640. The van der Waals surface area contributed by atoms with Crippen LogP contribution in [0.15, 0.2) is 53.1 Å². The van der Waals surface area contributed by atoms with Crippen molar-refractivity contribution < 1.29 is 14.1 Å². The van der Waals surface area contributed by atoms with E-state index >= 15 is 0 Å². The minimum Gasteiger partial charge on any atom is -0.481 e. The van der Waals surface area contributed by atoms with E-state index in [0.717, 1.165) is 11.1 Å². The molecule has 0 fully saturated rings. The van der Waals surface area contributed by atoms with Gasteiger partial charge in [0, 0.05) is 16.6 Å². The van der Waals surface area contributed by atoms with Crippen LogP contribution in [0.3, 0.4) is 0 Å². The van der Waals surface area contributed by atoms with E-state index in [1.54, 1.807) is 24.0 Å². The molecule has 0 N–H and O–H groups in total. The van der Waals surface area contributed by atoms with Crippen molar-refractivity contribution in [2.75, 3.05) is 0 Å². The van der Waals surface area contributed by atoms with Crippen LogP contribution in [0.2, 0.25) is 5.02 Å². The Morgan fingerprint density at radius 3 is 2.38 bits per heavy atom. The first-order valence-electron chi connectivity index (χ1n) is 9.46. The maximum Gasteiger partial charge on any atom is 0.264 e. The predicted octanol–water partition coefficient (Wildman–Crippen LogP) is 4.90. The number of ether oxygens (including phenoxy) is 1. The summed E-state index contributed by atoms with van der Waals surface area (Å²) in [7, 11) is 0. The topological polar surface area (TPSA) is 68.5 Å². The second kappa shape index (κ2) is 9.09. The molecule has 1 heterocycles. The number of carbonyl (C=O) groups excluding carboxylic acids is 1. The summed E-state index contributed by atoms with van der Waals surface area (Å²) in [5, 5.41) is 4.65. The highest BCUT2D eigenvalue weighted by atomic mass is 35.5. The van der Waals surface area contributed by atoms with Gasteiger partial charge in [0.15, 0.2) is 6.10 Å². The fraction of sp³-hybridized carbons (Fsp3) is 0.318. The number of aromatic nitrogens is 2. The van der Waals surface area contributed by atoms with Crippen LogP contribution < -0.4 is 4.74 Å². The van der Waals surface area contributed by atoms with E-state index in [0.29, 0.717) is 22.5 Å². The second-order valence-electron chi connectivity index (χ2n) is 7.15. The van der Waals surface area contributed by atoms with E-state index in [4.69, 9.17) is 20.9 Å². The number of nitrogens with zero attached hydrogens (tertiary/aromatic N) is 3. The van der Waals surface area contributed by atoms with E-state index in [1.165, 1.54) is 0 Å². The maximum absolute atomic E-state index is 13.0. The van der Waals surface area contributed by atoms with Gasteiger partial charge in [0.1, 0.15) is 12.3 Å². The van der Waals surface area contributed by atoms with Crippen LogP contribution in [0.4, 0.5) is 0 Å². The lowest BCUT2D eigenvalue weighted by molar-refractivity contribution is -0.140. The average molecular weight is 414 g/mol. The lowest BCUT2D eigenvalue weighted by Crippen LogP contribution is -2.43. The first kappa shape index (κ1) is 20.9. The molecule has 3 aromatic rings. The van der Waals surface area contributed by atoms with Crippen molar-refractivity contribution >= 4 is 17.5 Å². The summed E-state index contributed by atoms with van der Waals surface area (Å²) in [6.45, 7) is 7.82. The van der Waals surface area contributed by atoms with Gasteiger partial charge in [0.2, 0.25) is 11.7 Å². The van der Waals surface area contributed by atoms with Crippen molar-refractivity contribution in [3.05, 3.63) is 65.0 Å². The van der Waals surface area contributed by atoms with Crippen LogP contribution in [0, 0.1) is 6.92 Å². The van der Waals surface area contributed by atoms with E-state index in [-0.39, 0.29) is 18.5 Å². The molecule has 0 unspecified atom stereocenters. The highest BCUT2D eigenvalue weighted by molar-refractivity contribution is 6.30. The number of hydrogen-bond donors (Lipinski definition) is 0. The van der Waals surface area contributed by atoms with Crippen molar-refractivity contribution in [3.63, 3.8) is 0 Å². The zero-order valence-electron chi connectivity index (χ0n) is 16.9. The van der Waals surface area contributed by atoms with Gasteiger partial charge in [-0.05, 0) is 64.1 Å². The third-order valence-electron chi connectivity index (χ3n) is 4.46. The zero-order chi connectivity index (χ0) is 21.0. The Kier molecular flexibility index (Phi) is 6.54. The second-order valence-corrected chi connectivity index (χ2v) is 7.59. The summed E-state index contributed by atoms with van der Waals surface area (Å²) in [5.41, 5.74) is 1.93. The minimum atomic E-state index is -0.640. The summed E-state index contributed by atoms with van der Waals surface area (Å²) >= 11 is 5.92. The summed E-state index contributed by atoms with van der Waals surface area (Å²) in [6, 6.07) is 14.7. The fourth-order valence-corrected chi connectivity index (χ4v) is 2.93. The molecule has 0 aliphatic rings. The first-order valence-corrected chi connectivity index (χ1v) is 9.83. The van der Waals surface area contributed by atoms with E-state index in [2.05, 4.69) is 10.1 Å². The van der Waals surface area contributed by atoms with Gasteiger partial charge in [-0.1, -0.05) is 34.5 Å². The molecule has 0 spiro atoms. The van der Waals surface area contributed by atoms with E-state index in [1.807, 2.05) is 57.2 Å². The van der Waals surface area contributed by atoms with E-state index in [9.17, 15) is 4.79 Å². The first-order chi connectivity index (χ1) is 13.8. The molecule has 0 radical (unpaired) electrons.